The fourth-order valence-electron chi connectivity index (χ4n) is 3.89. The minimum Gasteiger partial charge on any atom is -0.391 e. The van der Waals surface area contributed by atoms with E-state index in [0.29, 0.717) is 11.8 Å². The number of nitrogens with zero attached hydrogens (tertiary/aromatic N) is 3. The van der Waals surface area contributed by atoms with Gasteiger partial charge in [-0.2, -0.15) is 0 Å². The smallest absolute Gasteiger partial charge is 0.268 e. The van der Waals surface area contributed by atoms with E-state index in [0.717, 1.165) is 31.4 Å². The first kappa shape index (κ1) is 18.2. The van der Waals surface area contributed by atoms with Gasteiger partial charge >= 0.3 is 0 Å². The van der Waals surface area contributed by atoms with Gasteiger partial charge in [-0.05, 0) is 44.4 Å². The molecule has 136 valence electrons. The van der Waals surface area contributed by atoms with Crippen molar-refractivity contribution >= 4 is 29.4 Å². The third kappa shape index (κ3) is 4.15. The maximum atomic E-state index is 12.3. The van der Waals surface area contributed by atoms with Gasteiger partial charge in [0, 0.05) is 31.0 Å². The molecule has 1 aliphatic carbocycles. The van der Waals surface area contributed by atoms with Gasteiger partial charge in [0.15, 0.2) is 0 Å². The molecule has 0 bridgehead atoms. The van der Waals surface area contributed by atoms with Gasteiger partial charge in [-0.25, -0.2) is 9.98 Å². The lowest BCUT2D eigenvalue weighted by Crippen LogP contribution is -2.38. The van der Waals surface area contributed by atoms with Crippen molar-refractivity contribution in [3.05, 3.63) is 16.1 Å². The van der Waals surface area contributed by atoms with E-state index in [9.17, 15) is 14.7 Å². The van der Waals surface area contributed by atoms with Crippen molar-refractivity contribution in [1.82, 2.24) is 9.88 Å². The Morgan fingerprint density at radius 2 is 2.08 bits per heavy atom. The van der Waals surface area contributed by atoms with Crippen LogP contribution in [0, 0.1) is 12.8 Å². The SMILES string of the molecule is CC(=O)N1C[C@H](O)C[C@H]1C(=O)N=CC1CCC(c2scnc2C)CC1. The summed E-state index contributed by atoms with van der Waals surface area (Å²) in [6.07, 6.45) is 5.64. The van der Waals surface area contributed by atoms with Crippen molar-refractivity contribution in [2.24, 2.45) is 10.9 Å². The Bertz CT molecular complexity index is 664. The Labute approximate surface area is 152 Å². The highest BCUT2D eigenvalue weighted by Crippen LogP contribution is 2.38. The van der Waals surface area contributed by atoms with Crippen LogP contribution in [-0.4, -0.2) is 51.7 Å². The summed E-state index contributed by atoms with van der Waals surface area (Å²) < 4.78 is 0. The van der Waals surface area contributed by atoms with E-state index < -0.39 is 12.1 Å². The number of thiazole rings is 1. The molecule has 1 saturated carbocycles. The van der Waals surface area contributed by atoms with Crippen molar-refractivity contribution in [2.45, 2.75) is 64.0 Å². The van der Waals surface area contributed by atoms with Crippen LogP contribution in [-0.2, 0) is 9.59 Å². The number of aromatic nitrogens is 1. The molecule has 0 spiro atoms. The van der Waals surface area contributed by atoms with Crippen LogP contribution in [0.3, 0.4) is 0 Å². The fraction of sp³-hybridized carbons (Fsp3) is 0.667. The number of β-amino-alcohol motifs (C(OH)–C–C–N with tert-alkyl or cyclic N) is 1. The molecule has 0 radical (unpaired) electrons. The number of hydrogen-bond donors (Lipinski definition) is 1. The molecular weight excluding hydrogens is 338 g/mol. The van der Waals surface area contributed by atoms with Crippen molar-refractivity contribution in [3.63, 3.8) is 0 Å². The molecule has 3 rings (SSSR count). The van der Waals surface area contributed by atoms with Gasteiger partial charge in [0.25, 0.3) is 5.91 Å². The second kappa shape index (κ2) is 7.74. The fourth-order valence-corrected chi connectivity index (χ4v) is 4.87. The average molecular weight is 363 g/mol. The second-order valence-corrected chi connectivity index (χ2v) is 7.99. The third-order valence-electron chi connectivity index (χ3n) is 5.31. The summed E-state index contributed by atoms with van der Waals surface area (Å²) in [5.74, 6) is 0.384. The molecule has 2 fully saturated rings. The zero-order chi connectivity index (χ0) is 18.0. The van der Waals surface area contributed by atoms with E-state index in [1.165, 1.54) is 16.7 Å². The quantitative estimate of drug-likeness (QED) is 0.836. The molecule has 1 aromatic rings. The summed E-state index contributed by atoms with van der Waals surface area (Å²) >= 11 is 1.74. The zero-order valence-corrected chi connectivity index (χ0v) is 15.5. The monoisotopic (exact) mass is 363 g/mol. The van der Waals surface area contributed by atoms with E-state index in [2.05, 4.69) is 16.9 Å². The molecule has 0 aromatic carbocycles. The topological polar surface area (TPSA) is 82.9 Å². The van der Waals surface area contributed by atoms with Gasteiger partial charge < -0.3 is 10.0 Å². The molecule has 2 atom stereocenters. The molecule has 6 nitrogen and oxygen atoms in total. The highest BCUT2D eigenvalue weighted by atomic mass is 32.1. The average Bonchev–Trinajstić information content (AvgIpc) is 3.19. The van der Waals surface area contributed by atoms with E-state index in [4.69, 9.17) is 0 Å². The van der Waals surface area contributed by atoms with Crippen LogP contribution in [0.4, 0.5) is 0 Å². The summed E-state index contributed by atoms with van der Waals surface area (Å²) in [4.78, 5) is 35.2. The molecule has 7 heteroatoms. The first-order valence-corrected chi connectivity index (χ1v) is 9.77. The summed E-state index contributed by atoms with van der Waals surface area (Å²) in [7, 11) is 0. The largest absolute Gasteiger partial charge is 0.391 e. The van der Waals surface area contributed by atoms with Crippen LogP contribution in [0.5, 0.6) is 0 Å². The molecule has 2 heterocycles. The number of aliphatic imine (C=N–C) groups is 1. The first-order valence-electron chi connectivity index (χ1n) is 8.89. The molecule has 25 heavy (non-hydrogen) atoms. The minimum absolute atomic E-state index is 0.189. The van der Waals surface area contributed by atoms with Gasteiger partial charge in [-0.3, -0.25) is 9.59 Å². The summed E-state index contributed by atoms with van der Waals surface area (Å²) in [5.41, 5.74) is 3.05. The van der Waals surface area contributed by atoms with Crippen molar-refractivity contribution in [3.8, 4) is 0 Å². The summed E-state index contributed by atoms with van der Waals surface area (Å²) in [5, 5.41) is 9.72. The van der Waals surface area contributed by atoms with Gasteiger partial charge in [0.2, 0.25) is 5.91 Å². The molecule has 1 saturated heterocycles. The lowest BCUT2D eigenvalue weighted by atomic mass is 9.81. The number of carbonyl (C=O) groups excluding carboxylic acids is 2. The first-order chi connectivity index (χ1) is 12.0. The number of aliphatic hydroxyl groups excluding tert-OH is 1. The number of rotatable bonds is 3. The highest BCUT2D eigenvalue weighted by Gasteiger charge is 2.37. The summed E-state index contributed by atoms with van der Waals surface area (Å²) in [6, 6.07) is -0.611. The van der Waals surface area contributed by atoms with Gasteiger partial charge in [0.05, 0.1) is 17.3 Å². The molecular formula is C18H25N3O3S. The van der Waals surface area contributed by atoms with Gasteiger partial charge in [-0.15, -0.1) is 11.3 Å². The van der Waals surface area contributed by atoms with Crippen molar-refractivity contribution < 1.29 is 14.7 Å². The van der Waals surface area contributed by atoms with Gasteiger partial charge in [-0.1, -0.05) is 0 Å². The van der Waals surface area contributed by atoms with E-state index >= 15 is 0 Å². The second-order valence-electron chi connectivity index (χ2n) is 7.11. The lowest BCUT2D eigenvalue weighted by Gasteiger charge is -2.26. The van der Waals surface area contributed by atoms with Crippen LogP contribution in [0.25, 0.3) is 0 Å². The van der Waals surface area contributed by atoms with Crippen LogP contribution in [0.15, 0.2) is 10.5 Å². The minimum atomic E-state index is -0.633. The van der Waals surface area contributed by atoms with Gasteiger partial charge in [0.1, 0.15) is 6.04 Å². The predicted molar refractivity (Wildman–Crippen MR) is 96.8 cm³/mol. The predicted octanol–water partition coefficient (Wildman–Crippen LogP) is 2.30. The van der Waals surface area contributed by atoms with Crippen molar-refractivity contribution in [2.75, 3.05) is 6.54 Å². The maximum absolute atomic E-state index is 12.3. The molecule has 2 aliphatic rings. The Kier molecular flexibility index (Phi) is 5.64. The Hall–Kier alpha value is -1.60. The molecule has 1 aromatic heterocycles. The highest BCUT2D eigenvalue weighted by molar-refractivity contribution is 7.09. The van der Waals surface area contributed by atoms with Crippen molar-refractivity contribution in [1.29, 1.82) is 0 Å². The molecule has 0 unspecified atom stereocenters. The number of amides is 2. The third-order valence-corrected chi connectivity index (χ3v) is 6.40. The molecule has 1 N–H and O–H groups in total. The standard InChI is InChI=1S/C18H25N3O3S/c1-11-17(25-10-20-11)14-5-3-13(4-6-14)8-19-18(24)16-7-15(23)9-21(16)12(2)22/h8,10,13-16,23H,3-7,9H2,1-2H3/t13?,14?,15-,16+/m1/s1. The number of aryl methyl sites for hydroxylation is 1. The van der Waals surface area contributed by atoms with Crippen LogP contribution < -0.4 is 0 Å². The number of likely N-dealkylation sites (tertiary alicyclic amines) is 1. The Balaban J connectivity index is 1.54. The van der Waals surface area contributed by atoms with Crippen LogP contribution in [0.2, 0.25) is 0 Å². The normalized spacial score (nSPS) is 30.1. The Morgan fingerprint density at radius 1 is 1.36 bits per heavy atom. The summed E-state index contributed by atoms with van der Waals surface area (Å²) in [6.45, 7) is 3.71. The van der Waals surface area contributed by atoms with Crippen LogP contribution >= 0.6 is 11.3 Å². The zero-order valence-electron chi connectivity index (χ0n) is 14.7. The molecule has 1 aliphatic heterocycles. The number of aliphatic hydroxyl groups is 1. The Morgan fingerprint density at radius 3 is 2.68 bits per heavy atom. The maximum Gasteiger partial charge on any atom is 0.268 e. The number of hydrogen-bond acceptors (Lipinski definition) is 5. The number of carbonyl (C=O) groups is 2. The van der Waals surface area contributed by atoms with E-state index in [1.54, 1.807) is 17.6 Å². The molecule has 2 amide bonds. The lowest BCUT2D eigenvalue weighted by molar-refractivity contribution is -0.135. The van der Waals surface area contributed by atoms with E-state index in [-0.39, 0.29) is 24.8 Å². The van der Waals surface area contributed by atoms with E-state index in [1.807, 2.05) is 5.51 Å². The van der Waals surface area contributed by atoms with Crippen LogP contribution in [0.1, 0.15) is 55.5 Å².